The van der Waals surface area contributed by atoms with Gasteiger partial charge in [-0.1, -0.05) is 12.1 Å². The molecule has 5 heteroatoms. The molecule has 0 aliphatic carbocycles. The van der Waals surface area contributed by atoms with Crippen molar-refractivity contribution in [3.8, 4) is 0 Å². The fourth-order valence-corrected chi connectivity index (χ4v) is 2.76. The SMILES string of the molecule is CSCCCCN1C(=O)CNC1c1ccc(F)cc1. The van der Waals surface area contributed by atoms with Crippen LogP contribution < -0.4 is 5.32 Å². The second-order valence-corrected chi connectivity index (χ2v) is 5.61. The summed E-state index contributed by atoms with van der Waals surface area (Å²) in [7, 11) is 0. The second-order valence-electron chi connectivity index (χ2n) is 4.62. The third-order valence-electron chi connectivity index (χ3n) is 3.26. The minimum atomic E-state index is -0.250. The Morgan fingerprint density at radius 3 is 2.79 bits per heavy atom. The molecule has 3 nitrogen and oxygen atoms in total. The molecular weight excluding hydrogens is 263 g/mol. The lowest BCUT2D eigenvalue weighted by molar-refractivity contribution is -0.128. The van der Waals surface area contributed by atoms with Crippen LogP contribution in [0.4, 0.5) is 4.39 Å². The van der Waals surface area contributed by atoms with Crippen LogP contribution in [0.25, 0.3) is 0 Å². The molecule has 1 aliphatic rings. The first kappa shape index (κ1) is 14.3. The molecule has 1 N–H and O–H groups in total. The third kappa shape index (κ3) is 3.70. The summed E-state index contributed by atoms with van der Waals surface area (Å²) >= 11 is 1.82. The van der Waals surface area contributed by atoms with Crippen LogP contribution in [0.5, 0.6) is 0 Å². The maximum absolute atomic E-state index is 12.9. The monoisotopic (exact) mass is 282 g/mol. The van der Waals surface area contributed by atoms with Gasteiger partial charge in [0.2, 0.25) is 5.91 Å². The van der Waals surface area contributed by atoms with Gasteiger partial charge in [0, 0.05) is 6.54 Å². The molecule has 19 heavy (non-hydrogen) atoms. The number of nitrogens with one attached hydrogen (secondary N) is 1. The van der Waals surface area contributed by atoms with Crippen molar-refractivity contribution in [2.45, 2.75) is 19.0 Å². The Labute approximate surface area is 117 Å². The molecule has 1 aromatic rings. The van der Waals surface area contributed by atoms with E-state index >= 15 is 0 Å². The molecule has 0 bridgehead atoms. The first-order valence-electron chi connectivity index (χ1n) is 6.49. The molecule has 0 radical (unpaired) electrons. The molecule has 0 aromatic heterocycles. The number of carbonyl (C=O) groups excluding carboxylic acids is 1. The van der Waals surface area contributed by atoms with Gasteiger partial charge in [-0.2, -0.15) is 11.8 Å². The first-order valence-corrected chi connectivity index (χ1v) is 7.89. The van der Waals surface area contributed by atoms with Crippen molar-refractivity contribution >= 4 is 17.7 Å². The Morgan fingerprint density at radius 1 is 1.37 bits per heavy atom. The average Bonchev–Trinajstić information content (AvgIpc) is 2.77. The Hall–Kier alpha value is -1.07. The van der Waals surface area contributed by atoms with Gasteiger partial charge in [0.25, 0.3) is 0 Å². The van der Waals surface area contributed by atoms with Gasteiger partial charge in [-0.3, -0.25) is 10.1 Å². The van der Waals surface area contributed by atoms with E-state index in [0.29, 0.717) is 6.54 Å². The van der Waals surface area contributed by atoms with Gasteiger partial charge in [0.05, 0.1) is 6.54 Å². The minimum absolute atomic E-state index is 0.109. The molecule has 104 valence electrons. The number of benzene rings is 1. The van der Waals surface area contributed by atoms with E-state index in [9.17, 15) is 9.18 Å². The molecular formula is C14H19FN2OS. The van der Waals surface area contributed by atoms with Gasteiger partial charge in [-0.05, 0) is 42.5 Å². The summed E-state index contributed by atoms with van der Waals surface area (Å²) in [6.45, 7) is 1.12. The molecule has 1 aliphatic heterocycles. The molecule has 1 heterocycles. The van der Waals surface area contributed by atoms with Gasteiger partial charge in [-0.15, -0.1) is 0 Å². The fourth-order valence-electron chi connectivity index (χ4n) is 2.26. The van der Waals surface area contributed by atoms with Crippen LogP contribution in [0, 0.1) is 5.82 Å². The number of hydrogen-bond acceptors (Lipinski definition) is 3. The summed E-state index contributed by atoms with van der Waals surface area (Å²) in [6.07, 6.45) is 4.10. The molecule has 1 atom stereocenters. The van der Waals surface area contributed by atoms with Crippen LogP contribution >= 0.6 is 11.8 Å². The lowest BCUT2D eigenvalue weighted by atomic mass is 10.1. The van der Waals surface area contributed by atoms with Crippen molar-refractivity contribution in [3.63, 3.8) is 0 Å². The summed E-state index contributed by atoms with van der Waals surface area (Å²) in [5, 5.41) is 3.18. The van der Waals surface area contributed by atoms with Crippen molar-refractivity contribution < 1.29 is 9.18 Å². The third-order valence-corrected chi connectivity index (χ3v) is 3.96. The van der Waals surface area contributed by atoms with E-state index in [4.69, 9.17) is 0 Å². The van der Waals surface area contributed by atoms with E-state index in [2.05, 4.69) is 11.6 Å². The van der Waals surface area contributed by atoms with E-state index in [1.165, 1.54) is 12.1 Å². The first-order chi connectivity index (χ1) is 9.22. The quantitative estimate of drug-likeness (QED) is 0.813. The minimum Gasteiger partial charge on any atom is -0.322 e. The van der Waals surface area contributed by atoms with Crippen LogP contribution in [-0.4, -0.2) is 35.9 Å². The lowest BCUT2D eigenvalue weighted by Crippen LogP contribution is -2.31. The maximum atomic E-state index is 12.9. The van der Waals surface area contributed by atoms with E-state index in [1.807, 2.05) is 16.7 Å². The Morgan fingerprint density at radius 2 is 2.11 bits per heavy atom. The maximum Gasteiger partial charge on any atom is 0.238 e. The van der Waals surface area contributed by atoms with Crippen molar-refractivity contribution in [2.75, 3.05) is 25.1 Å². The van der Waals surface area contributed by atoms with E-state index in [-0.39, 0.29) is 17.9 Å². The molecule has 1 aromatic carbocycles. The summed E-state index contributed by atoms with van der Waals surface area (Å²) in [4.78, 5) is 13.7. The number of unbranched alkanes of at least 4 members (excludes halogenated alkanes) is 1. The average molecular weight is 282 g/mol. The number of halogens is 1. The number of nitrogens with zero attached hydrogens (tertiary/aromatic N) is 1. The zero-order valence-corrected chi connectivity index (χ0v) is 11.9. The molecule has 2 rings (SSSR count). The topological polar surface area (TPSA) is 32.3 Å². The van der Waals surface area contributed by atoms with Crippen LogP contribution in [0.2, 0.25) is 0 Å². The number of amides is 1. The Balaban J connectivity index is 1.98. The number of carbonyl (C=O) groups is 1. The summed E-state index contributed by atoms with van der Waals surface area (Å²) in [6, 6.07) is 6.35. The molecule has 1 unspecified atom stereocenters. The molecule has 1 amide bonds. The van der Waals surface area contributed by atoms with Crippen molar-refractivity contribution in [1.29, 1.82) is 0 Å². The summed E-state index contributed by atoms with van der Waals surface area (Å²) < 4.78 is 12.9. The lowest BCUT2D eigenvalue weighted by Gasteiger charge is -2.24. The second kappa shape index (κ2) is 6.91. The zero-order valence-electron chi connectivity index (χ0n) is 11.1. The van der Waals surface area contributed by atoms with Crippen molar-refractivity contribution in [3.05, 3.63) is 35.6 Å². The van der Waals surface area contributed by atoms with Crippen LogP contribution in [0.15, 0.2) is 24.3 Å². The van der Waals surface area contributed by atoms with Crippen molar-refractivity contribution in [1.82, 2.24) is 10.2 Å². The molecule has 0 spiro atoms. The van der Waals surface area contributed by atoms with Crippen LogP contribution in [0.3, 0.4) is 0 Å². The highest BCUT2D eigenvalue weighted by atomic mass is 32.2. The summed E-state index contributed by atoms with van der Waals surface area (Å²) in [5.74, 6) is 0.995. The highest BCUT2D eigenvalue weighted by Gasteiger charge is 2.30. The molecule has 0 saturated carbocycles. The normalized spacial score (nSPS) is 19.2. The van der Waals surface area contributed by atoms with Crippen LogP contribution in [-0.2, 0) is 4.79 Å². The highest BCUT2D eigenvalue weighted by molar-refractivity contribution is 7.98. The van der Waals surface area contributed by atoms with Gasteiger partial charge >= 0.3 is 0 Å². The number of rotatable bonds is 6. The molecule has 1 fully saturated rings. The van der Waals surface area contributed by atoms with Gasteiger partial charge < -0.3 is 4.90 Å². The van der Waals surface area contributed by atoms with Crippen molar-refractivity contribution in [2.24, 2.45) is 0 Å². The van der Waals surface area contributed by atoms with Crippen LogP contribution in [0.1, 0.15) is 24.6 Å². The predicted molar refractivity (Wildman–Crippen MR) is 76.5 cm³/mol. The van der Waals surface area contributed by atoms with Gasteiger partial charge in [0.15, 0.2) is 0 Å². The number of thioether (sulfide) groups is 1. The Kier molecular flexibility index (Phi) is 5.22. The Bertz CT molecular complexity index is 424. The molecule has 1 saturated heterocycles. The number of hydrogen-bond donors (Lipinski definition) is 1. The van der Waals surface area contributed by atoms with E-state index < -0.39 is 0 Å². The largest absolute Gasteiger partial charge is 0.322 e. The fraction of sp³-hybridized carbons (Fsp3) is 0.500. The van der Waals surface area contributed by atoms with E-state index in [0.717, 1.165) is 30.7 Å². The van der Waals surface area contributed by atoms with E-state index in [1.54, 1.807) is 12.1 Å². The standard InChI is InChI=1S/C14H19FN2OS/c1-19-9-3-2-8-17-13(18)10-16-14(17)11-4-6-12(15)7-5-11/h4-7,14,16H,2-3,8-10H2,1H3. The summed E-state index contributed by atoms with van der Waals surface area (Å²) in [5.41, 5.74) is 0.942. The van der Waals surface area contributed by atoms with Gasteiger partial charge in [0.1, 0.15) is 12.0 Å². The smallest absolute Gasteiger partial charge is 0.238 e. The zero-order chi connectivity index (χ0) is 13.7. The van der Waals surface area contributed by atoms with Gasteiger partial charge in [-0.25, -0.2) is 4.39 Å². The predicted octanol–water partition coefficient (Wildman–Crippen LogP) is 2.40. The highest BCUT2D eigenvalue weighted by Crippen LogP contribution is 2.23.